The van der Waals surface area contributed by atoms with Gasteiger partial charge in [-0.1, -0.05) is 11.8 Å². The fourth-order valence-corrected chi connectivity index (χ4v) is 3.96. The summed E-state index contributed by atoms with van der Waals surface area (Å²) in [7, 11) is 3.30. The van der Waals surface area contributed by atoms with Crippen LogP contribution in [0.1, 0.15) is 25.3 Å². The van der Waals surface area contributed by atoms with Gasteiger partial charge >= 0.3 is 6.09 Å². The molecule has 2 rings (SSSR count). The fourth-order valence-electron chi connectivity index (χ4n) is 2.94. The Bertz CT molecular complexity index is 752. The number of thioether (sulfide) groups is 1. The van der Waals surface area contributed by atoms with Crippen LogP contribution in [0.4, 0.5) is 10.5 Å². The molecule has 152 valence electrons. The summed E-state index contributed by atoms with van der Waals surface area (Å²) < 4.78 is 5.34. The third-order valence-corrected chi connectivity index (χ3v) is 5.37. The van der Waals surface area contributed by atoms with E-state index in [4.69, 9.17) is 4.74 Å². The molecule has 0 unspecified atom stereocenters. The van der Waals surface area contributed by atoms with Gasteiger partial charge in [0.15, 0.2) is 5.12 Å². The minimum Gasteiger partial charge on any atom is -0.445 e. The molecule has 2 atom stereocenters. The van der Waals surface area contributed by atoms with Crippen molar-refractivity contribution in [3.63, 3.8) is 0 Å². The lowest BCUT2D eigenvalue weighted by Gasteiger charge is -2.24. The zero-order chi connectivity index (χ0) is 20.8. The first kappa shape index (κ1) is 21.7. The molecular formula is C18H23N3O6S. The molecule has 1 saturated heterocycles. The number of hydrogen-bond donors (Lipinski definition) is 0. The van der Waals surface area contributed by atoms with Crippen LogP contribution in [-0.4, -0.2) is 63.8 Å². The van der Waals surface area contributed by atoms with Gasteiger partial charge in [0.2, 0.25) is 5.91 Å². The third-order valence-electron chi connectivity index (χ3n) is 4.36. The predicted octanol–water partition coefficient (Wildman–Crippen LogP) is 2.43. The first-order valence-corrected chi connectivity index (χ1v) is 9.59. The Morgan fingerprint density at radius 1 is 1.29 bits per heavy atom. The van der Waals surface area contributed by atoms with Crippen LogP contribution in [0.15, 0.2) is 24.3 Å². The number of nitro benzene ring substituents is 1. The summed E-state index contributed by atoms with van der Waals surface area (Å²) in [6, 6.07) is 5.40. The third kappa shape index (κ3) is 5.95. The number of nitro groups is 1. The van der Waals surface area contributed by atoms with Gasteiger partial charge in [0, 0.05) is 57.4 Å². The van der Waals surface area contributed by atoms with Crippen molar-refractivity contribution >= 4 is 34.6 Å². The largest absolute Gasteiger partial charge is 0.445 e. The van der Waals surface area contributed by atoms with E-state index in [1.807, 2.05) is 0 Å². The molecular weight excluding hydrogens is 386 g/mol. The molecule has 0 radical (unpaired) electrons. The molecule has 0 spiro atoms. The van der Waals surface area contributed by atoms with Crippen molar-refractivity contribution in [2.75, 3.05) is 20.6 Å². The van der Waals surface area contributed by atoms with Crippen LogP contribution in [0.2, 0.25) is 0 Å². The van der Waals surface area contributed by atoms with E-state index in [0.29, 0.717) is 18.5 Å². The fraction of sp³-hybridized carbons (Fsp3) is 0.500. The van der Waals surface area contributed by atoms with Gasteiger partial charge in [0.25, 0.3) is 5.69 Å². The first-order chi connectivity index (χ1) is 13.2. The summed E-state index contributed by atoms with van der Waals surface area (Å²) in [5, 5.41) is 10.6. The predicted molar refractivity (Wildman–Crippen MR) is 104 cm³/mol. The second-order valence-electron chi connectivity index (χ2n) is 6.74. The molecule has 1 aliphatic heterocycles. The van der Waals surface area contributed by atoms with Crippen molar-refractivity contribution in [2.24, 2.45) is 0 Å². The van der Waals surface area contributed by atoms with E-state index in [1.54, 1.807) is 14.1 Å². The Balaban J connectivity index is 2.01. The maximum absolute atomic E-state index is 12.6. The van der Waals surface area contributed by atoms with Gasteiger partial charge in [-0.15, -0.1) is 0 Å². The van der Waals surface area contributed by atoms with Gasteiger partial charge in [-0.05, 0) is 24.1 Å². The Morgan fingerprint density at radius 3 is 2.46 bits per heavy atom. The molecule has 0 N–H and O–H groups in total. The number of likely N-dealkylation sites (tertiary alicyclic amines) is 1. The molecule has 1 aromatic rings. The minimum atomic E-state index is -0.568. The van der Waals surface area contributed by atoms with E-state index >= 15 is 0 Å². The standard InChI is InChI=1S/C18H23N3O6S/c1-12(22)28-16-8-15(9-17(23)19(2)3)20(10-16)18(24)27-11-13-4-6-14(7-5-13)21(25)26/h4-7,15-16H,8-11H2,1-3H3/t15-,16-/m0/s1. The highest BCUT2D eigenvalue weighted by atomic mass is 32.2. The molecule has 1 heterocycles. The van der Waals surface area contributed by atoms with Crippen molar-refractivity contribution in [1.82, 2.24) is 9.80 Å². The summed E-state index contributed by atoms with van der Waals surface area (Å²) in [6.45, 7) is 1.77. The number of amides is 2. The lowest BCUT2D eigenvalue weighted by atomic mass is 10.1. The van der Waals surface area contributed by atoms with Crippen LogP contribution in [0.3, 0.4) is 0 Å². The first-order valence-electron chi connectivity index (χ1n) is 8.71. The summed E-state index contributed by atoms with van der Waals surface area (Å²) >= 11 is 1.16. The maximum atomic E-state index is 12.6. The summed E-state index contributed by atoms with van der Waals surface area (Å²) in [5.74, 6) is -0.105. The number of benzene rings is 1. The molecule has 2 amide bonds. The number of nitrogens with zero attached hydrogens (tertiary/aromatic N) is 3. The van der Waals surface area contributed by atoms with E-state index in [1.165, 1.54) is 41.0 Å². The van der Waals surface area contributed by atoms with Gasteiger partial charge < -0.3 is 14.5 Å². The SMILES string of the molecule is CC(=O)S[C@H]1C[C@@H](CC(=O)N(C)C)N(C(=O)OCc2ccc([N+](=O)[O-])cc2)C1. The summed E-state index contributed by atoms with van der Waals surface area (Å²) in [4.78, 5) is 49.2. The van der Waals surface area contributed by atoms with Gasteiger partial charge in [-0.25, -0.2) is 4.79 Å². The summed E-state index contributed by atoms with van der Waals surface area (Å²) in [6.07, 6.45) is 0.131. The molecule has 10 heteroatoms. The van der Waals surface area contributed by atoms with Crippen molar-refractivity contribution in [1.29, 1.82) is 0 Å². The normalized spacial score (nSPS) is 18.6. The number of carbonyl (C=O) groups is 3. The molecule has 28 heavy (non-hydrogen) atoms. The molecule has 0 bridgehead atoms. The zero-order valence-corrected chi connectivity index (χ0v) is 16.8. The molecule has 1 aromatic carbocycles. The van der Waals surface area contributed by atoms with E-state index in [2.05, 4.69) is 0 Å². The van der Waals surface area contributed by atoms with Crippen molar-refractivity contribution < 1.29 is 24.0 Å². The lowest BCUT2D eigenvalue weighted by molar-refractivity contribution is -0.384. The summed E-state index contributed by atoms with van der Waals surface area (Å²) in [5.41, 5.74) is 0.578. The molecule has 1 aliphatic rings. The number of hydrogen-bond acceptors (Lipinski definition) is 7. The van der Waals surface area contributed by atoms with E-state index < -0.39 is 11.0 Å². The van der Waals surface area contributed by atoms with Crippen molar-refractivity contribution in [3.8, 4) is 0 Å². The molecule has 0 aromatic heterocycles. The highest BCUT2D eigenvalue weighted by Gasteiger charge is 2.38. The second kappa shape index (κ2) is 9.54. The van der Waals surface area contributed by atoms with Gasteiger partial charge in [0.05, 0.1) is 4.92 Å². The Hall–Kier alpha value is -2.62. The Kier molecular flexibility index (Phi) is 7.38. The average molecular weight is 409 g/mol. The van der Waals surface area contributed by atoms with Gasteiger partial charge in [0.1, 0.15) is 6.61 Å². The van der Waals surface area contributed by atoms with Crippen molar-refractivity contribution in [2.45, 2.75) is 37.7 Å². The monoisotopic (exact) mass is 409 g/mol. The maximum Gasteiger partial charge on any atom is 0.410 e. The number of carbonyl (C=O) groups excluding carboxylic acids is 3. The van der Waals surface area contributed by atoms with E-state index in [9.17, 15) is 24.5 Å². The van der Waals surface area contributed by atoms with Crippen LogP contribution in [0, 0.1) is 10.1 Å². The molecule has 1 fully saturated rings. The smallest absolute Gasteiger partial charge is 0.410 e. The quantitative estimate of drug-likeness (QED) is 0.524. The topological polar surface area (TPSA) is 110 Å². The molecule has 9 nitrogen and oxygen atoms in total. The van der Waals surface area contributed by atoms with Crippen LogP contribution in [0.5, 0.6) is 0 Å². The van der Waals surface area contributed by atoms with Crippen LogP contribution >= 0.6 is 11.8 Å². The number of non-ortho nitro benzene ring substituents is 1. The highest BCUT2D eigenvalue weighted by molar-refractivity contribution is 8.14. The highest BCUT2D eigenvalue weighted by Crippen LogP contribution is 2.30. The second-order valence-corrected chi connectivity index (χ2v) is 8.22. The van der Waals surface area contributed by atoms with Crippen LogP contribution < -0.4 is 0 Å². The Labute approximate surface area is 167 Å². The Morgan fingerprint density at radius 2 is 1.93 bits per heavy atom. The van der Waals surface area contributed by atoms with Gasteiger partial charge in [-0.3, -0.25) is 19.7 Å². The lowest BCUT2D eigenvalue weighted by Crippen LogP contribution is -2.39. The van der Waals surface area contributed by atoms with Crippen molar-refractivity contribution in [3.05, 3.63) is 39.9 Å². The van der Waals surface area contributed by atoms with Gasteiger partial charge in [-0.2, -0.15) is 0 Å². The number of ether oxygens (including phenoxy) is 1. The van der Waals surface area contributed by atoms with E-state index in [-0.39, 0.29) is 41.0 Å². The zero-order valence-electron chi connectivity index (χ0n) is 16.0. The van der Waals surface area contributed by atoms with Crippen LogP contribution in [0.25, 0.3) is 0 Å². The molecule has 0 saturated carbocycles. The van der Waals surface area contributed by atoms with Crippen LogP contribution in [-0.2, 0) is 20.9 Å². The molecule has 0 aliphatic carbocycles. The minimum absolute atomic E-state index is 0.0355. The van der Waals surface area contributed by atoms with E-state index in [0.717, 1.165) is 11.8 Å². The average Bonchev–Trinajstić information content (AvgIpc) is 3.01. The number of rotatable bonds is 6.